The molecule has 84 valence electrons. The molecule has 0 bridgehead atoms. The smallest absolute Gasteiger partial charge is 0.241 e. The molecule has 0 spiro atoms. The number of hydrogen-bond acceptors (Lipinski definition) is 3. The fourth-order valence-electron chi connectivity index (χ4n) is 1.13. The molecule has 1 aromatic rings. The minimum absolute atomic E-state index is 0.131. The van der Waals surface area contributed by atoms with Gasteiger partial charge < -0.3 is 11.1 Å². The van der Waals surface area contributed by atoms with Gasteiger partial charge in [-0.3, -0.25) is 9.48 Å². The van der Waals surface area contributed by atoms with Gasteiger partial charge in [0.25, 0.3) is 0 Å². The number of nitrogens with zero attached hydrogens (tertiary/aromatic N) is 2. The van der Waals surface area contributed by atoms with E-state index in [0.717, 1.165) is 6.54 Å². The Bertz CT molecular complexity index is 332. The molecule has 0 aromatic carbocycles. The van der Waals surface area contributed by atoms with E-state index in [9.17, 15) is 4.79 Å². The van der Waals surface area contributed by atoms with Gasteiger partial charge in [-0.05, 0) is 12.8 Å². The summed E-state index contributed by atoms with van der Waals surface area (Å²) in [6.07, 6.45) is 3.40. The zero-order valence-electron chi connectivity index (χ0n) is 9.40. The maximum atomic E-state index is 11.6. The Morgan fingerprint density at radius 2 is 2.33 bits per heavy atom. The fraction of sp³-hybridized carbons (Fsp3) is 0.600. The van der Waals surface area contributed by atoms with Gasteiger partial charge in [-0.25, -0.2) is 0 Å². The maximum Gasteiger partial charge on any atom is 0.241 e. The van der Waals surface area contributed by atoms with Gasteiger partial charge in [0.15, 0.2) is 0 Å². The topological polar surface area (TPSA) is 72.9 Å². The molecule has 15 heavy (non-hydrogen) atoms. The van der Waals surface area contributed by atoms with Crippen LogP contribution in [0.4, 0.5) is 5.69 Å². The number of nitrogens with one attached hydrogen (secondary N) is 1. The largest absolute Gasteiger partial charge is 0.322 e. The number of anilines is 1. The normalized spacial score (nSPS) is 12.9. The molecule has 1 heterocycles. The van der Waals surface area contributed by atoms with Crippen molar-refractivity contribution in [2.45, 2.75) is 33.4 Å². The summed E-state index contributed by atoms with van der Waals surface area (Å²) in [5.41, 5.74) is 6.40. The van der Waals surface area contributed by atoms with E-state index in [0.29, 0.717) is 5.69 Å². The molecule has 5 nitrogen and oxygen atoms in total. The minimum atomic E-state index is -0.477. The van der Waals surface area contributed by atoms with Crippen molar-refractivity contribution in [1.29, 1.82) is 0 Å². The molecule has 1 unspecified atom stereocenters. The van der Waals surface area contributed by atoms with Crippen LogP contribution >= 0.6 is 0 Å². The number of carbonyl (C=O) groups excluding carboxylic acids is 1. The third kappa shape index (κ3) is 3.06. The zero-order chi connectivity index (χ0) is 11.4. The Morgan fingerprint density at radius 1 is 1.67 bits per heavy atom. The average Bonchev–Trinajstić information content (AvgIpc) is 2.64. The van der Waals surface area contributed by atoms with Crippen molar-refractivity contribution in [3.8, 4) is 0 Å². The van der Waals surface area contributed by atoms with E-state index in [4.69, 9.17) is 5.73 Å². The molecule has 5 heteroatoms. The first kappa shape index (κ1) is 11.7. The Hall–Kier alpha value is -1.36. The lowest BCUT2D eigenvalue weighted by Crippen LogP contribution is -2.39. The lowest BCUT2D eigenvalue weighted by molar-refractivity contribution is -0.118. The van der Waals surface area contributed by atoms with Crippen LogP contribution in [0.1, 0.15) is 20.8 Å². The molecule has 0 fully saturated rings. The number of nitrogens with two attached hydrogens (primary N) is 1. The van der Waals surface area contributed by atoms with Crippen molar-refractivity contribution in [3.63, 3.8) is 0 Å². The van der Waals surface area contributed by atoms with Gasteiger partial charge in [0, 0.05) is 12.7 Å². The number of aromatic nitrogens is 2. The van der Waals surface area contributed by atoms with Crippen LogP contribution in [0, 0.1) is 5.92 Å². The number of amides is 1. The lowest BCUT2D eigenvalue weighted by Gasteiger charge is -2.14. The first-order valence-electron chi connectivity index (χ1n) is 5.13. The van der Waals surface area contributed by atoms with Gasteiger partial charge in [-0.15, -0.1) is 0 Å². The van der Waals surface area contributed by atoms with E-state index >= 15 is 0 Å². The molecule has 0 aliphatic heterocycles. The Balaban J connectivity index is 2.58. The quantitative estimate of drug-likeness (QED) is 0.773. The van der Waals surface area contributed by atoms with E-state index < -0.39 is 6.04 Å². The summed E-state index contributed by atoms with van der Waals surface area (Å²) in [5, 5.41) is 6.78. The van der Waals surface area contributed by atoms with E-state index in [2.05, 4.69) is 10.4 Å². The van der Waals surface area contributed by atoms with Crippen LogP contribution in [0.15, 0.2) is 12.4 Å². The summed E-state index contributed by atoms with van der Waals surface area (Å²) in [4.78, 5) is 11.6. The fourth-order valence-corrected chi connectivity index (χ4v) is 1.13. The predicted molar refractivity (Wildman–Crippen MR) is 59.3 cm³/mol. The second-order valence-corrected chi connectivity index (χ2v) is 3.84. The molecule has 1 aromatic heterocycles. The first-order valence-corrected chi connectivity index (χ1v) is 5.13. The highest BCUT2D eigenvalue weighted by Crippen LogP contribution is 2.07. The van der Waals surface area contributed by atoms with Crippen LogP contribution in [0.3, 0.4) is 0 Å². The summed E-state index contributed by atoms with van der Waals surface area (Å²) in [6, 6.07) is -0.477. The molecule has 3 N–H and O–H groups in total. The van der Waals surface area contributed by atoms with E-state index in [1.807, 2.05) is 20.8 Å². The predicted octanol–water partition coefficient (Wildman–Crippen LogP) is 0.825. The third-order valence-corrected chi connectivity index (χ3v) is 2.25. The first-order chi connectivity index (χ1) is 7.04. The van der Waals surface area contributed by atoms with Gasteiger partial charge in [0.1, 0.15) is 0 Å². The van der Waals surface area contributed by atoms with Crippen LogP contribution in [-0.2, 0) is 11.3 Å². The van der Waals surface area contributed by atoms with E-state index in [-0.39, 0.29) is 11.8 Å². The van der Waals surface area contributed by atoms with Gasteiger partial charge in [-0.2, -0.15) is 5.10 Å². The van der Waals surface area contributed by atoms with Crippen LogP contribution in [0.2, 0.25) is 0 Å². The van der Waals surface area contributed by atoms with Crippen LogP contribution in [0.25, 0.3) is 0 Å². The Labute approximate surface area is 89.6 Å². The number of rotatable bonds is 4. The molecule has 1 amide bonds. The highest BCUT2D eigenvalue weighted by Gasteiger charge is 2.17. The van der Waals surface area contributed by atoms with Crippen LogP contribution < -0.4 is 11.1 Å². The molecule has 0 saturated heterocycles. The summed E-state index contributed by atoms with van der Waals surface area (Å²) < 4.78 is 1.75. The molecule has 0 radical (unpaired) electrons. The SMILES string of the molecule is CCn1cc(NC(=O)C(N)C(C)C)cn1. The van der Waals surface area contributed by atoms with Crippen molar-refractivity contribution < 1.29 is 4.79 Å². The van der Waals surface area contributed by atoms with Crippen molar-refractivity contribution in [1.82, 2.24) is 9.78 Å². The van der Waals surface area contributed by atoms with Gasteiger partial charge >= 0.3 is 0 Å². The standard InChI is InChI=1S/C10H18N4O/c1-4-14-6-8(5-12-14)13-10(15)9(11)7(2)3/h5-7,9H,4,11H2,1-3H3,(H,13,15). The van der Waals surface area contributed by atoms with Gasteiger partial charge in [-0.1, -0.05) is 13.8 Å². The van der Waals surface area contributed by atoms with Gasteiger partial charge in [0.05, 0.1) is 17.9 Å². The van der Waals surface area contributed by atoms with Crippen molar-refractivity contribution in [3.05, 3.63) is 12.4 Å². The Morgan fingerprint density at radius 3 is 2.80 bits per heavy atom. The van der Waals surface area contributed by atoms with E-state index in [1.165, 1.54) is 0 Å². The second kappa shape index (κ2) is 4.93. The number of carbonyl (C=O) groups is 1. The molecule has 0 aliphatic carbocycles. The summed E-state index contributed by atoms with van der Waals surface area (Å²) in [5.74, 6) is -0.0353. The third-order valence-electron chi connectivity index (χ3n) is 2.25. The molecule has 0 aliphatic rings. The highest BCUT2D eigenvalue weighted by molar-refractivity contribution is 5.94. The highest BCUT2D eigenvalue weighted by atomic mass is 16.2. The Kier molecular flexibility index (Phi) is 3.85. The number of aryl methyl sites for hydroxylation is 1. The molecule has 1 rings (SSSR count). The van der Waals surface area contributed by atoms with Crippen molar-refractivity contribution in [2.75, 3.05) is 5.32 Å². The van der Waals surface area contributed by atoms with Crippen LogP contribution in [-0.4, -0.2) is 21.7 Å². The molecule has 1 atom stereocenters. The summed E-state index contributed by atoms with van der Waals surface area (Å²) >= 11 is 0. The van der Waals surface area contributed by atoms with Crippen LogP contribution in [0.5, 0.6) is 0 Å². The molecular formula is C10H18N4O. The van der Waals surface area contributed by atoms with Gasteiger partial charge in [0.2, 0.25) is 5.91 Å². The summed E-state index contributed by atoms with van der Waals surface area (Å²) in [7, 11) is 0. The minimum Gasteiger partial charge on any atom is -0.322 e. The molecular weight excluding hydrogens is 192 g/mol. The number of hydrogen-bond donors (Lipinski definition) is 2. The summed E-state index contributed by atoms with van der Waals surface area (Å²) in [6.45, 7) is 6.60. The van der Waals surface area contributed by atoms with Crippen molar-refractivity contribution >= 4 is 11.6 Å². The molecule has 0 saturated carbocycles. The second-order valence-electron chi connectivity index (χ2n) is 3.84. The van der Waals surface area contributed by atoms with E-state index in [1.54, 1.807) is 17.1 Å². The monoisotopic (exact) mass is 210 g/mol. The maximum absolute atomic E-state index is 11.6. The zero-order valence-corrected chi connectivity index (χ0v) is 9.40. The lowest BCUT2D eigenvalue weighted by atomic mass is 10.1. The average molecular weight is 210 g/mol. The van der Waals surface area contributed by atoms with Crippen molar-refractivity contribution in [2.24, 2.45) is 11.7 Å².